The molecule has 1 saturated carbocycles. The van der Waals surface area contributed by atoms with Gasteiger partial charge in [0.2, 0.25) is 5.91 Å². The van der Waals surface area contributed by atoms with Gasteiger partial charge >= 0.3 is 0 Å². The van der Waals surface area contributed by atoms with Gasteiger partial charge in [-0.15, -0.1) is 0 Å². The Morgan fingerprint density at radius 3 is 2.62 bits per heavy atom. The standard InChI is InChI=1S/C24H27FN2O2/c1-17-8-2-6-12-21(17)23-14-20(29-26-23)16-27(24(28)18-9-3-4-10-18)15-19-11-5-7-13-22(19)25/h2,5-8,11-13,18,20H,3-4,9-10,14-16H2,1H3. The van der Waals surface area contributed by atoms with E-state index in [1.165, 1.54) is 6.07 Å². The molecule has 0 bridgehead atoms. The quantitative estimate of drug-likeness (QED) is 0.703. The van der Waals surface area contributed by atoms with Crippen molar-refractivity contribution in [2.24, 2.45) is 11.1 Å². The van der Waals surface area contributed by atoms with Gasteiger partial charge in [-0.25, -0.2) is 4.39 Å². The Morgan fingerprint density at radius 2 is 1.86 bits per heavy atom. The van der Waals surface area contributed by atoms with Crippen LogP contribution in [0.1, 0.15) is 48.8 Å². The van der Waals surface area contributed by atoms with E-state index in [1.54, 1.807) is 17.0 Å². The van der Waals surface area contributed by atoms with Gasteiger partial charge in [0.15, 0.2) is 6.10 Å². The molecule has 4 rings (SSSR count). The van der Waals surface area contributed by atoms with Crippen LogP contribution >= 0.6 is 0 Å². The number of oxime groups is 1. The molecule has 29 heavy (non-hydrogen) atoms. The largest absolute Gasteiger partial charge is 0.390 e. The highest BCUT2D eigenvalue weighted by Gasteiger charge is 2.32. The van der Waals surface area contributed by atoms with Gasteiger partial charge in [0, 0.05) is 30.0 Å². The number of hydrogen-bond donors (Lipinski definition) is 0. The second-order valence-corrected chi connectivity index (χ2v) is 8.08. The number of carbonyl (C=O) groups excluding carboxylic acids is 1. The van der Waals surface area contributed by atoms with Crippen LogP contribution in [0, 0.1) is 18.7 Å². The Morgan fingerprint density at radius 1 is 1.14 bits per heavy atom. The van der Waals surface area contributed by atoms with E-state index in [2.05, 4.69) is 18.1 Å². The second kappa shape index (κ2) is 8.76. The van der Waals surface area contributed by atoms with Crippen molar-refractivity contribution in [2.75, 3.05) is 6.54 Å². The van der Waals surface area contributed by atoms with Crippen LogP contribution in [0.4, 0.5) is 4.39 Å². The van der Waals surface area contributed by atoms with Crippen molar-refractivity contribution in [1.29, 1.82) is 0 Å². The van der Waals surface area contributed by atoms with Crippen LogP contribution in [-0.2, 0) is 16.2 Å². The molecule has 152 valence electrons. The summed E-state index contributed by atoms with van der Waals surface area (Å²) in [5, 5.41) is 4.29. The zero-order valence-electron chi connectivity index (χ0n) is 16.8. The fourth-order valence-corrected chi connectivity index (χ4v) is 4.32. The molecule has 0 saturated heterocycles. The van der Waals surface area contributed by atoms with Gasteiger partial charge in [0.1, 0.15) is 5.82 Å². The van der Waals surface area contributed by atoms with Crippen LogP contribution in [-0.4, -0.2) is 29.2 Å². The highest BCUT2D eigenvalue weighted by Crippen LogP contribution is 2.28. The van der Waals surface area contributed by atoms with Crippen LogP contribution in [0.25, 0.3) is 0 Å². The van der Waals surface area contributed by atoms with Crippen molar-refractivity contribution in [3.8, 4) is 0 Å². The summed E-state index contributed by atoms with van der Waals surface area (Å²) in [6.07, 6.45) is 4.46. The number of carbonyl (C=O) groups is 1. The Bertz CT molecular complexity index is 905. The highest BCUT2D eigenvalue weighted by atomic mass is 19.1. The molecular formula is C24H27FN2O2. The summed E-state index contributed by atoms with van der Waals surface area (Å²) in [4.78, 5) is 20.6. The first kappa shape index (κ1) is 19.6. The lowest BCUT2D eigenvalue weighted by atomic mass is 9.99. The predicted molar refractivity (Wildman–Crippen MR) is 111 cm³/mol. The normalized spacial score (nSPS) is 19.1. The van der Waals surface area contributed by atoms with E-state index in [4.69, 9.17) is 4.84 Å². The van der Waals surface area contributed by atoms with Crippen LogP contribution in [0.2, 0.25) is 0 Å². The first-order chi connectivity index (χ1) is 14.1. The van der Waals surface area contributed by atoms with Crippen LogP contribution in [0.5, 0.6) is 0 Å². The molecule has 0 radical (unpaired) electrons. The van der Waals surface area contributed by atoms with Gasteiger partial charge in [-0.2, -0.15) is 0 Å². The fraction of sp³-hybridized carbons (Fsp3) is 0.417. The fourth-order valence-electron chi connectivity index (χ4n) is 4.32. The third-order valence-corrected chi connectivity index (χ3v) is 5.95. The number of hydrogen-bond acceptors (Lipinski definition) is 3. The molecule has 0 spiro atoms. The summed E-state index contributed by atoms with van der Waals surface area (Å²) in [6.45, 7) is 2.74. The minimum absolute atomic E-state index is 0.0416. The topological polar surface area (TPSA) is 41.9 Å². The number of nitrogens with zero attached hydrogens (tertiary/aromatic N) is 2. The monoisotopic (exact) mass is 394 g/mol. The lowest BCUT2D eigenvalue weighted by Crippen LogP contribution is -2.40. The lowest BCUT2D eigenvalue weighted by molar-refractivity contribution is -0.137. The number of halogens is 1. The third-order valence-electron chi connectivity index (χ3n) is 5.95. The average molecular weight is 394 g/mol. The van der Waals surface area contributed by atoms with E-state index >= 15 is 0 Å². The maximum Gasteiger partial charge on any atom is 0.226 e. The molecule has 4 nitrogen and oxygen atoms in total. The molecule has 2 aromatic rings. The number of benzene rings is 2. The zero-order chi connectivity index (χ0) is 20.2. The zero-order valence-corrected chi connectivity index (χ0v) is 16.8. The van der Waals surface area contributed by atoms with Crippen molar-refractivity contribution >= 4 is 11.6 Å². The maximum atomic E-state index is 14.2. The first-order valence-electron chi connectivity index (χ1n) is 10.4. The van der Waals surface area contributed by atoms with Gasteiger partial charge < -0.3 is 9.74 Å². The van der Waals surface area contributed by atoms with E-state index < -0.39 is 0 Å². The van der Waals surface area contributed by atoms with Crippen LogP contribution in [0.15, 0.2) is 53.7 Å². The highest BCUT2D eigenvalue weighted by molar-refractivity contribution is 6.02. The molecule has 0 aromatic heterocycles. The van der Waals surface area contributed by atoms with Crippen molar-refractivity contribution in [2.45, 2.75) is 51.7 Å². The van der Waals surface area contributed by atoms with Gasteiger partial charge in [0.25, 0.3) is 0 Å². The summed E-state index contributed by atoms with van der Waals surface area (Å²) in [6, 6.07) is 14.8. The molecule has 2 aliphatic rings. The Labute approximate surface area is 171 Å². The molecule has 0 N–H and O–H groups in total. The number of aryl methyl sites for hydroxylation is 1. The maximum absolute atomic E-state index is 14.2. The van der Waals surface area contributed by atoms with Crippen LogP contribution < -0.4 is 0 Å². The smallest absolute Gasteiger partial charge is 0.226 e. The summed E-state index contributed by atoms with van der Waals surface area (Å²) in [5.41, 5.74) is 3.68. The minimum Gasteiger partial charge on any atom is -0.390 e. The molecule has 1 aliphatic heterocycles. The molecule has 1 amide bonds. The molecular weight excluding hydrogens is 367 g/mol. The molecule has 2 aromatic carbocycles. The van der Waals surface area contributed by atoms with Crippen molar-refractivity contribution in [3.05, 3.63) is 71.0 Å². The molecule has 1 aliphatic carbocycles. The van der Waals surface area contributed by atoms with Crippen molar-refractivity contribution < 1.29 is 14.0 Å². The second-order valence-electron chi connectivity index (χ2n) is 8.08. The first-order valence-corrected chi connectivity index (χ1v) is 10.4. The predicted octanol–water partition coefficient (Wildman–Crippen LogP) is 4.85. The summed E-state index contributed by atoms with van der Waals surface area (Å²) >= 11 is 0. The number of amides is 1. The average Bonchev–Trinajstić information content (AvgIpc) is 3.41. The van der Waals surface area contributed by atoms with Crippen molar-refractivity contribution in [1.82, 2.24) is 4.90 Å². The van der Waals surface area contributed by atoms with E-state index in [1.807, 2.05) is 24.3 Å². The summed E-state index contributed by atoms with van der Waals surface area (Å²) in [5.74, 6) is -0.125. The van der Waals surface area contributed by atoms with E-state index in [0.717, 1.165) is 42.5 Å². The minimum atomic E-state index is -0.277. The number of rotatable bonds is 6. The molecule has 5 heteroatoms. The van der Waals surface area contributed by atoms with Gasteiger partial charge in [0.05, 0.1) is 12.3 Å². The summed E-state index contributed by atoms with van der Waals surface area (Å²) < 4.78 is 14.2. The third kappa shape index (κ3) is 4.50. The van der Waals surface area contributed by atoms with E-state index in [9.17, 15) is 9.18 Å². The van der Waals surface area contributed by atoms with Gasteiger partial charge in [-0.1, -0.05) is 60.5 Å². The Balaban J connectivity index is 1.48. The lowest BCUT2D eigenvalue weighted by Gasteiger charge is -2.27. The van der Waals surface area contributed by atoms with E-state index in [-0.39, 0.29) is 30.3 Å². The van der Waals surface area contributed by atoms with Crippen LogP contribution in [0.3, 0.4) is 0 Å². The SMILES string of the molecule is Cc1ccccc1C1=NOC(CN(Cc2ccccc2F)C(=O)C2CCCC2)C1. The Kier molecular flexibility index (Phi) is 5.93. The van der Waals surface area contributed by atoms with Crippen molar-refractivity contribution in [3.63, 3.8) is 0 Å². The Hall–Kier alpha value is -2.69. The molecule has 1 atom stereocenters. The van der Waals surface area contributed by atoms with Gasteiger partial charge in [-0.05, 0) is 31.4 Å². The molecule has 1 fully saturated rings. The molecule has 1 unspecified atom stereocenters. The van der Waals surface area contributed by atoms with E-state index in [0.29, 0.717) is 18.5 Å². The summed E-state index contributed by atoms with van der Waals surface area (Å²) in [7, 11) is 0. The molecule has 1 heterocycles. The van der Waals surface area contributed by atoms with Gasteiger partial charge in [-0.3, -0.25) is 4.79 Å².